The molecule has 0 radical (unpaired) electrons. The average Bonchev–Trinajstić information content (AvgIpc) is 2.19. The number of hydrogen-bond acceptors (Lipinski definition) is 1. The van der Waals surface area contributed by atoms with E-state index in [9.17, 15) is 0 Å². The fraction of sp³-hybridized carbons (Fsp3) is 1.00. The first kappa shape index (κ1) is 12.0. The molecule has 0 bridgehead atoms. The van der Waals surface area contributed by atoms with E-state index < -0.39 is 0 Å². The maximum atomic E-state index is 2.70. The Morgan fingerprint density at radius 2 is 1.93 bits per heavy atom. The molecule has 1 aliphatic rings. The lowest BCUT2D eigenvalue weighted by molar-refractivity contribution is 0.112. The van der Waals surface area contributed by atoms with Crippen molar-refractivity contribution < 1.29 is 0 Å². The van der Waals surface area contributed by atoms with Crippen LogP contribution in [0.15, 0.2) is 0 Å². The number of unbranched alkanes of at least 4 members (excludes halogenated alkanes) is 3. The molecule has 0 aromatic heterocycles. The van der Waals surface area contributed by atoms with Crippen LogP contribution >= 0.6 is 0 Å². The summed E-state index contributed by atoms with van der Waals surface area (Å²) in [5, 5.41) is 0. The van der Waals surface area contributed by atoms with E-state index in [-0.39, 0.29) is 0 Å². The van der Waals surface area contributed by atoms with Gasteiger partial charge in [0.2, 0.25) is 0 Å². The van der Waals surface area contributed by atoms with Crippen LogP contribution in [-0.4, -0.2) is 24.0 Å². The summed E-state index contributed by atoms with van der Waals surface area (Å²) in [6, 6.07) is 0.824. The zero-order valence-electron chi connectivity index (χ0n) is 10.3. The molecule has 14 heavy (non-hydrogen) atoms. The van der Waals surface area contributed by atoms with Gasteiger partial charge < -0.3 is 4.90 Å². The predicted molar refractivity (Wildman–Crippen MR) is 63.6 cm³/mol. The smallest absolute Gasteiger partial charge is 0.00925 e. The first-order valence-corrected chi connectivity index (χ1v) is 6.49. The molecule has 0 aromatic carbocycles. The summed E-state index contributed by atoms with van der Waals surface area (Å²) in [4.78, 5) is 2.70. The maximum Gasteiger partial charge on any atom is 0.00925 e. The standard InChI is InChI=1S/C13H27N/c1-4-5-6-7-10-14-11-8-9-12(2)13(14)3/h12-13H,4-11H2,1-3H3. The third-order valence-electron chi connectivity index (χ3n) is 3.80. The Morgan fingerprint density at radius 3 is 2.64 bits per heavy atom. The summed E-state index contributed by atoms with van der Waals surface area (Å²) in [6.07, 6.45) is 8.45. The zero-order chi connectivity index (χ0) is 10.4. The van der Waals surface area contributed by atoms with Gasteiger partial charge in [-0.3, -0.25) is 0 Å². The third-order valence-corrected chi connectivity index (χ3v) is 3.80. The molecule has 2 unspecified atom stereocenters. The number of piperidine rings is 1. The predicted octanol–water partition coefficient (Wildman–Crippen LogP) is 3.69. The van der Waals surface area contributed by atoms with Crippen LogP contribution in [0.25, 0.3) is 0 Å². The first-order chi connectivity index (χ1) is 6.75. The van der Waals surface area contributed by atoms with Crippen molar-refractivity contribution in [3.05, 3.63) is 0 Å². The molecular formula is C13H27N. The summed E-state index contributed by atoms with van der Waals surface area (Å²) in [6.45, 7) is 9.78. The van der Waals surface area contributed by atoms with Gasteiger partial charge in [0.05, 0.1) is 0 Å². The molecule has 1 saturated heterocycles. The number of likely N-dealkylation sites (tertiary alicyclic amines) is 1. The molecule has 0 spiro atoms. The van der Waals surface area contributed by atoms with Crippen LogP contribution in [0.3, 0.4) is 0 Å². The Hall–Kier alpha value is -0.0400. The van der Waals surface area contributed by atoms with Gasteiger partial charge in [-0.2, -0.15) is 0 Å². The summed E-state index contributed by atoms with van der Waals surface area (Å²) < 4.78 is 0. The van der Waals surface area contributed by atoms with Gasteiger partial charge in [0.1, 0.15) is 0 Å². The summed E-state index contributed by atoms with van der Waals surface area (Å²) in [5.74, 6) is 0.912. The highest BCUT2D eigenvalue weighted by Gasteiger charge is 2.23. The minimum atomic E-state index is 0.824. The van der Waals surface area contributed by atoms with Crippen molar-refractivity contribution in [2.75, 3.05) is 13.1 Å². The van der Waals surface area contributed by atoms with Gasteiger partial charge in [0.25, 0.3) is 0 Å². The van der Waals surface area contributed by atoms with Gasteiger partial charge in [0, 0.05) is 6.04 Å². The topological polar surface area (TPSA) is 3.24 Å². The Kier molecular flexibility index (Phi) is 5.54. The molecule has 0 saturated carbocycles. The number of hydrogen-bond donors (Lipinski definition) is 0. The highest BCUT2D eigenvalue weighted by molar-refractivity contribution is 4.78. The van der Waals surface area contributed by atoms with E-state index in [1.165, 1.54) is 51.6 Å². The molecule has 1 heteroatoms. The van der Waals surface area contributed by atoms with Crippen molar-refractivity contribution in [1.82, 2.24) is 4.90 Å². The van der Waals surface area contributed by atoms with Gasteiger partial charge in [0.15, 0.2) is 0 Å². The number of nitrogens with zero attached hydrogens (tertiary/aromatic N) is 1. The largest absolute Gasteiger partial charge is 0.300 e. The van der Waals surface area contributed by atoms with Crippen LogP contribution in [-0.2, 0) is 0 Å². The van der Waals surface area contributed by atoms with Crippen LogP contribution in [0.5, 0.6) is 0 Å². The summed E-state index contributed by atoms with van der Waals surface area (Å²) >= 11 is 0. The highest BCUT2D eigenvalue weighted by Crippen LogP contribution is 2.22. The molecular weight excluding hydrogens is 170 g/mol. The molecule has 0 amide bonds. The molecule has 0 aromatic rings. The van der Waals surface area contributed by atoms with E-state index in [2.05, 4.69) is 25.7 Å². The van der Waals surface area contributed by atoms with E-state index in [1.807, 2.05) is 0 Å². The SMILES string of the molecule is CCCCCCN1CCCC(C)C1C. The zero-order valence-corrected chi connectivity index (χ0v) is 10.3. The lowest BCUT2D eigenvalue weighted by atomic mass is 9.92. The second-order valence-electron chi connectivity index (χ2n) is 4.96. The quantitative estimate of drug-likeness (QED) is 0.608. The minimum absolute atomic E-state index is 0.824. The molecule has 1 fully saturated rings. The molecule has 1 heterocycles. The molecule has 0 aliphatic carbocycles. The monoisotopic (exact) mass is 197 g/mol. The van der Waals surface area contributed by atoms with E-state index in [4.69, 9.17) is 0 Å². The highest BCUT2D eigenvalue weighted by atomic mass is 15.2. The maximum absolute atomic E-state index is 2.70. The molecule has 2 atom stereocenters. The van der Waals surface area contributed by atoms with Crippen molar-refractivity contribution in [1.29, 1.82) is 0 Å². The molecule has 84 valence electrons. The Morgan fingerprint density at radius 1 is 1.14 bits per heavy atom. The van der Waals surface area contributed by atoms with E-state index >= 15 is 0 Å². The Bertz CT molecular complexity index is 144. The van der Waals surface area contributed by atoms with E-state index in [1.54, 1.807) is 0 Å². The van der Waals surface area contributed by atoms with Gasteiger partial charge >= 0.3 is 0 Å². The van der Waals surface area contributed by atoms with E-state index in [0.717, 1.165) is 12.0 Å². The molecule has 1 aliphatic heterocycles. The molecule has 0 N–H and O–H groups in total. The average molecular weight is 197 g/mol. The van der Waals surface area contributed by atoms with Gasteiger partial charge in [-0.25, -0.2) is 0 Å². The minimum Gasteiger partial charge on any atom is -0.300 e. The van der Waals surface area contributed by atoms with E-state index in [0.29, 0.717) is 0 Å². The van der Waals surface area contributed by atoms with Crippen molar-refractivity contribution in [2.45, 2.75) is 65.3 Å². The van der Waals surface area contributed by atoms with Crippen molar-refractivity contribution in [2.24, 2.45) is 5.92 Å². The summed E-state index contributed by atoms with van der Waals surface area (Å²) in [7, 11) is 0. The second-order valence-corrected chi connectivity index (χ2v) is 4.96. The van der Waals surface area contributed by atoms with Crippen molar-refractivity contribution in [3.8, 4) is 0 Å². The Labute approximate surface area is 89.9 Å². The van der Waals surface area contributed by atoms with Gasteiger partial charge in [-0.05, 0) is 45.2 Å². The lowest BCUT2D eigenvalue weighted by Crippen LogP contribution is -2.42. The number of rotatable bonds is 5. The van der Waals surface area contributed by atoms with Gasteiger partial charge in [-0.1, -0.05) is 33.1 Å². The van der Waals surface area contributed by atoms with Gasteiger partial charge in [-0.15, -0.1) is 0 Å². The normalized spacial score (nSPS) is 29.4. The van der Waals surface area contributed by atoms with Crippen LogP contribution < -0.4 is 0 Å². The first-order valence-electron chi connectivity index (χ1n) is 6.49. The van der Waals surface area contributed by atoms with Crippen molar-refractivity contribution in [3.63, 3.8) is 0 Å². The van der Waals surface area contributed by atoms with Crippen LogP contribution in [0.2, 0.25) is 0 Å². The van der Waals surface area contributed by atoms with Crippen LogP contribution in [0.4, 0.5) is 0 Å². The second kappa shape index (κ2) is 6.44. The summed E-state index contributed by atoms with van der Waals surface area (Å²) in [5.41, 5.74) is 0. The fourth-order valence-corrected chi connectivity index (χ4v) is 2.48. The molecule has 1 rings (SSSR count). The Balaban J connectivity index is 2.15. The van der Waals surface area contributed by atoms with Crippen molar-refractivity contribution >= 4 is 0 Å². The van der Waals surface area contributed by atoms with Crippen LogP contribution in [0.1, 0.15) is 59.3 Å². The third kappa shape index (κ3) is 3.61. The van der Waals surface area contributed by atoms with Crippen LogP contribution in [0, 0.1) is 5.92 Å². The molecule has 1 nitrogen and oxygen atoms in total. The lowest BCUT2D eigenvalue weighted by Gasteiger charge is -2.37. The fourth-order valence-electron chi connectivity index (χ4n) is 2.48.